The molecule has 0 bridgehead atoms. The lowest BCUT2D eigenvalue weighted by Crippen LogP contribution is -2.53. The molecule has 0 heterocycles. The minimum atomic E-state index is -0.685. The average Bonchev–Trinajstić information content (AvgIpc) is 2.87. The Kier molecular flexibility index (Phi) is 10.1. The van der Waals surface area contributed by atoms with Gasteiger partial charge >= 0.3 is 0 Å². The van der Waals surface area contributed by atoms with E-state index in [2.05, 4.69) is 21.2 Å². The Morgan fingerprint density at radius 3 is 2.36 bits per heavy atom. The number of benzene rings is 3. The predicted molar refractivity (Wildman–Crippen MR) is 148 cm³/mol. The summed E-state index contributed by atoms with van der Waals surface area (Å²) in [5.74, 6) is 0.272. The zero-order valence-electron chi connectivity index (χ0n) is 21.5. The molecule has 190 valence electrons. The van der Waals surface area contributed by atoms with Gasteiger partial charge in [0.1, 0.15) is 11.8 Å². The second kappa shape index (κ2) is 13.3. The third-order valence-corrected chi connectivity index (χ3v) is 6.91. The van der Waals surface area contributed by atoms with Gasteiger partial charge in [-0.2, -0.15) is 0 Å². The van der Waals surface area contributed by atoms with Crippen LogP contribution in [0.2, 0.25) is 0 Å². The normalized spacial score (nSPS) is 12.5. The van der Waals surface area contributed by atoms with Gasteiger partial charge in [-0.3, -0.25) is 9.59 Å². The van der Waals surface area contributed by atoms with E-state index >= 15 is 0 Å². The van der Waals surface area contributed by atoms with Gasteiger partial charge in [0.2, 0.25) is 5.91 Å². The van der Waals surface area contributed by atoms with Gasteiger partial charge in [0, 0.05) is 23.5 Å². The van der Waals surface area contributed by atoms with Gasteiger partial charge < -0.3 is 15.0 Å². The van der Waals surface area contributed by atoms with Crippen LogP contribution in [0.15, 0.2) is 77.3 Å². The Labute approximate surface area is 223 Å². The Balaban J connectivity index is 1.93. The molecule has 0 aliphatic heterocycles. The molecule has 0 radical (unpaired) electrons. The second-order valence-corrected chi connectivity index (χ2v) is 10.1. The molecule has 0 aliphatic carbocycles. The molecule has 0 unspecified atom stereocenters. The average molecular weight is 552 g/mol. The van der Waals surface area contributed by atoms with E-state index in [0.29, 0.717) is 18.7 Å². The maximum absolute atomic E-state index is 13.7. The third-order valence-electron chi connectivity index (χ3n) is 6.42. The van der Waals surface area contributed by atoms with Gasteiger partial charge in [0.05, 0.1) is 0 Å². The first kappa shape index (κ1) is 27.5. The fraction of sp³-hybridized carbons (Fsp3) is 0.333. The summed E-state index contributed by atoms with van der Waals surface area (Å²) in [6.07, 6.45) is 1.21. The molecule has 0 aliphatic rings. The molecule has 3 aromatic rings. The zero-order chi connectivity index (χ0) is 26.1. The van der Waals surface area contributed by atoms with Gasteiger partial charge in [-0.05, 0) is 67.6 Å². The van der Waals surface area contributed by atoms with Crippen molar-refractivity contribution in [2.45, 2.75) is 59.2 Å². The van der Waals surface area contributed by atoms with E-state index in [-0.39, 0.29) is 24.5 Å². The summed E-state index contributed by atoms with van der Waals surface area (Å²) < 4.78 is 6.89. The zero-order valence-corrected chi connectivity index (χ0v) is 23.0. The van der Waals surface area contributed by atoms with E-state index in [1.54, 1.807) is 4.90 Å². The molecule has 1 N–H and O–H groups in total. The van der Waals surface area contributed by atoms with Gasteiger partial charge in [0.15, 0.2) is 6.61 Å². The maximum Gasteiger partial charge on any atom is 0.261 e. The summed E-state index contributed by atoms with van der Waals surface area (Å²) in [6, 6.07) is 22.7. The molecule has 0 saturated heterocycles. The SMILES string of the molecule is CC[C@H](C)NC(=O)[C@H](Cc1ccccc1)N(Cc1cccc(Br)c1)C(=O)COc1cccc(C)c1C. The first-order valence-corrected chi connectivity index (χ1v) is 13.1. The van der Waals surface area contributed by atoms with Gasteiger partial charge in [-0.25, -0.2) is 0 Å². The first-order chi connectivity index (χ1) is 17.3. The van der Waals surface area contributed by atoms with E-state index < -0.39 is 6.04 Å². The Bertz CT molecular complexity index is 1170. The predicted octanol–water partition coefficient (Wildman–Crippen LogP) is 6.00. The summed E-state index contributed by atoms with van der Waals surface area (Å²) in [5, 5.41) is 3.09. The van der Waals surface area contributed by atoms with Crippen molar-refractivity contribution in [3.63, 3.8) is 0 Å². The second-order valence-electron chi connectivity index (χ2n) is 9.16. The molecule has 2 atom stereocenters. The van der Waals surface area contributed by atoms with Crippen molar-refractivity contribution in [3.05, 3.63) is 99.5 Å². The fourth-order valence-electron chi connectivity index (χ4n) is 3.93. The number of hydrogen-bond acceptors (Lipinski definition) is 3. The van der Waals surface area contributed by atoms with Crippen LogP contribution in [-0.4, -0.2) is 35.4 Å². The molecule has 5 nitrogen and oxygen atoms in total. The van der Waals surface area contributed by atoms with E-state index in [1.165, 1.54) is 0 Å². The molecule has 2 amide bonds. The van der Waals surface area contributed by atoms with Crippen LogP contribution in [0.1, 0.15) is 42.5 Å². The van der Waals surface area contributed by atoms with Crippen molar-refractivity contribution in [3.8, 4) is 5.75 Å². The van der Waals surface area contributed by atoms with Crippen LogP contribution < -0.4 is 10.1 Å². The summed E-state index contributed by atoms with van der Waals surface area (Å²) in [6.45, 7) is 8.13. The Morgan fingerprint density at radius 2 is 1.67 bits per heavy atom. The summed E-state index contributed by atoms with van der Waals surface area (Å²) in [5.41, 5.74) is 4.02. The number of nitrogens with one attached hydrogen (secondary N) is 1. The number of carbonyl (C=O) groups excluding carboxylic acids is 2. The number of aryl methyl sites for hydroxylation is 1. The van der Waals surface area contributed by atoms with Crippen LogP contribution in [0.5, 0.6) is 5.75 Å². The number of rotatable bonds is 11. The summed E-state index contributed by atoms with van der Waals surface area (Å²) in [7, 11) is 0. The highest BCUT2D eigenvalue weighted by Crippen LogP contribution is 2.22. The molecule has 36 heavy (non-hydrogen) atoms. The third kappa shape index (κ3) is 7.69. The number of halogens is 1. The number of amides is 2. The monoisotopic (exact) mass is 550 g/mol. The van der Waals surface area contributed by atoms with E-state index in [4.69, 9.17) is 4.74 Å². The van der Waals surface area contributed by atoms with Gasteiger partial charge in [-0.15, -0.1) is 0 Å². The largest absolute Gasteiger partial charge is 0.483 e. The molecule has 0 spiro atoms. The lowest BCUT2D eigenvalue weighted by molar-refractivity contribution is -0.143. The lowest BCUT2D eigenvalue weighted by Gasteiger charge is -2.32. The van der Waals surface area contributed by atoms with Crippen molar-refractivity contribution in [1.29, 1.82) is 0 Å². The van der Waals surface area contributed by atoms with Crippen LogP contribution in [0, 0.1) is 13.8 Å². The summed E-state index contributed by atoms with van der Waals surface area (Å²) in [4.78, 5) is 28.9. The minimum absolute atomic E-state index is 0.00443. The molecule has 0 aromatic heterocycles. The van der Waals surface area contributed by atoms with Crippen molar-refractivity contribution in [2.75, 3.05) is 6.61 Å². The standard InChI is InChI=1S/C30H35BrN2O3/c1-5-22(3)32-30(35)27(18-24-12-7-6-8-13-24)33(19-25-14-10-15-26(31)17-25)29(34)20-36-28-16-9-11-21(2)23(28)4/h6-17,22,27H,5,18-20H2,1-4H3,(H,32,35)/t22-,27-/m0/s1. The number of nitrogens with zero attached hydrogens (tertiary/aromatic N) is 1. The van der Waals surface area contributed by atoms with E-state index in [9.17, 15) is 9.59 Å². The molecule has 0 saturated carbocycles. The van der Waals surface area contributed by atoms with Crippen molar-refractivity contribution in [2.24, 2.45) is 0 Å². The van der Waals surface area contributed by atoms with Crippen LogP contribution in [0.4, 0.5) is 0 Å². The minimum Gasteiger partial charge on any atom is -0.483 e. The lowest BCUT2D eigenvalue weighted by atomic mass is 10.0. The van der Waals surface area contributed by atoms with E-state index in [0.717, 1.165) is 33.1 Å². The molecule has 6 heteroatoms. The molecular weight excluding hydrogens is 516 g/mol. The van der Waals surface area contributed by atoms with Crippen LogP contribution >= 0.6 is 15.9 Å². The molecule has 0 fully saturated rings. The van der Waals surface area contributed by atoms with Crippen LogP contribution in [-0.2, 0) is 22.6 Å². The Morgan fingerprint density at radius 1 is 0.972 bits per heavy atom. The Hall–Kier alpha value is -3.12. The number of hydrogen-bond donors (Lipinski definition) is 1. The topological polar surface area (TPSA) is 58.6 Å². The highest BCUT2D eigenvalue weighted by molar-refractivity contribution is 9.10. The van der Waals surface area contributed by atoms with Gasteiger partial charge in [0.25, 0.3) is 5.91 Å². The number of carbonyl (C=O) groups is 2. The molecule has 3 aromatic carbocycles. The van der Waals surface area contributed by atoms with Crippen LogP contribution in [0.25, 0.3) is 0 Å². The fourth-order valence-corrected chi connectivity index (χ4v) is 4.38. The molecule has 3 rings (SSSR count). The van der Waals surface area contributed by atoms with Crippen molar-refractivity contribution in [1.82, 2.24) is 10.2 Å². The van der Waals surface area contributed by atoms with Crippen LogP contribution in [0.3, 0.4) is 0 Å². The first-order valence-electron chi connectivity index (χ1n) is 12.4. The smallest absolute Gasteiger partial charge is 0.261 e. The maximum atomic E-state index is 13.7. The van der Waals surface area contributed by atoms with Crippen molar-refractivity contribution >= 4 is 27.7 Å². The van der Waals surface area contributed by atoms with E-state index in [1.807, 2.05) is 100 Å². The molecular formula is C30H35BrN2O3. The highest BCUT2D eigenvalue weighted by Gasteiger charge is 2.31. The highest BCUT2D eigenvalue weighted by atomic mass is 79.9. The number of ether oxygens (including phenoxy) is 1. The quantitative estimate of drug-likeness (QED) is 0.318. The van der Waals surface area contributed by atoms with Gasteiger partial charge in [-0.1, -0.05) is 77.5 Å². The summed E-state index contributed by atoms with van der Waals surface area (Å²) >= 11 is 3.52. The van der Waals surface area contributed by atoms with Crippen molar-refractivity contribution < 1.29 is 14.3 Å².